The number of ether oxygens (including phenoxy) is 9. The monoisotopic (exact) mass is 1340 g/mol. The predicted octanol–water partition coefficient (Wildman–Crippen LogP) is 9.57. The van der Waals surface area contributed by atoms with Crippen LogP contribution in [0.5, 0.6) is 51.7 Å². The molecule has 0 saturated carbocycles. The van der Waals surface area contributed by atoms with Crippen molar-refractivity contribution < 1.29 is 83.5 Å². The van der Waals surface area contributed by atoms with Crippen LogP contribution in [0, 0.1) is 0 Å². The van der Waals surface area contributed by atoms with Crippen LogP contribution in [-0.2, 0) is 96.3 Å². The van der Waals surface area contributed by atoms with Crippen LogP contribution in [0.2, 0.25) is 0 Å². The zero-order valence-electron chi connectivity index (χ0n) is 58.5. The first-order valence-electron chi connectivity index (χ1n) is 33.7. The van der Waals surface area contributed by atoms with Crippen LogP contribution in [0.3, 0.4) is 0 Å². The Balaban J connectivity index is 1.20. The van der Waals surface area contributed by atoms with Gasteiger partial charge >= 0.3 is 0 Å². The highest BCUT2D eigenvalue weighted by Crippen LogP contribution is 2.43. The topological polar surface area (TPSA) is 245 Å². The highest BCUT2D eigenvalue weighted by atomic mass is 16.5. The van der Waals surface area contributed by atoms with E-state index in [1.165, 1.54) is 0 Å². The molecule has 0 fully saturated rings. The summed E-state index contributed by atoms with van der Waals surface area (Å²) in [6, 6.07) is 34.6. The molecule has 526 valence electrons. The van der Waals surface area contributed by atoms with E-state index in [1.54, 1.807) is 56.9 Å². The molecule has 0 spiro atoms. The Kier molecular flexibility index (Phi) is 28.9. The van der Waals surface area contributed by atoms with E-state index in [-0.39, 0.29) is 59.5 Å². The first kappa shape index (κ1) is 75.4. The summed E-state index contributed by atoms with van der Waals surface area (Å²) in [6.45, 7) is 1.58. The molecule has 0 saturated heterocycles. The van der Waals surface area contributed by atoms with Crippen molar-refractivity contribution in [3.05, 3.63) is 226 Å². The quantitative estimate of drug-likeness (QED) is 0.0178. The molecule has 8 aromatic rings. The van der Waals surface area contributed by atoms with Gasteiger partial charge in [0.15, 0.2) is 0 Å². The predicted molar refractivity (Wildman–Crippen MR) is 381 cm³/mol. The Labute approximate surface area is 577 Å². The SMILES string of the molecule is CCc1cc(OCCO)cc(Cc2cc(CCO)cc(Cc3cc(CCO)cc(Cc4cc(CCO)cc(Cc5cc(CCO)cc(Cc6cc(CCO)cc(Cc7cc(CCO)cc(Cc8cc(CCO)ccc8OC)c7OC)c6OC)c5OC)c4OC)c3OC)c2OC)c1OC. The fourth-order valence-corrected chi connectivity index (χ4v) is 14.1. The maximum absolute atomic E-state index is 10.6. The smallest absolute Gasteiger partial charge is 0.125 e. The van der Waals surface area contributed by atoms with E-state index >= 15 is 0 Å². The highest BCUT2D eigenvalue weighted by molar-refractivity contribution is 5.61. The minimum absolute atomic E-state index is 0.0136. The molecule has 0 amide bonds. The second-order valence-electron chi connectivity index (χ2n) is 24.6. The molecule has 0 unspecified atom stereocenters. The van der Waals surface area contributed by atoms with Gasteiger partial charge in [-0.2, -0.15) is 0 Å². The molecule has 0 aromatic heterocycles. The standard InChI is InChI=1S/C81H100O17/c1-10-58-49-73(98-28-27-89)50-72(75(58)91-3)48-71-41-57(19-26-88)40-70(81(71)97-9)47-69-39-56(18-25-87)38-68(80(69)96-8)46-67-37-55(17-24-86)36-66(79(67)95-7)45-65-35-54(16-23-85)34-64(78(65)94-6)44-63-33-53(15-22-84)32-62(77(63)93-5)43-61-31-52(14-21-83)30-60(76(61)92-4)42-59-29-51(13-20-82)11-12-74(59)90-2/h11-12,29-41,49-50,82-89H,10,13-28,42-48H2,1-9H3. The van der Waals surface area contributed by atoms with Crippen molar-refractivity contribution >= 4 is 0 Å². The summed E-state index contributed by atoms with van der Waals surface area (Å²) >= 11 is 0. The number of benzene rings is 8. The Morgan fingerprint density at radius 3 is 0.673 bits per heavy atom. The number of aryl methyl sites for hydroxylation is 1. The second-order valence-corrected chi connectivity index (χ2v) is 24.6. The van der Waals surface area contributed by atoms with Gasteiger partial charge in [-0.15, -0.1) is 0 Å². The van der Waals surface area contributed by atoms with Gasteiger partial charge in [0.2, 0.25) is 0 Å². The molecule has 0 bridgehead atoms. The fourth-order valence-electron chi connectivity index (χ4n) is 14.1. The lowest BCUT2D eigenvalue weighted by Gasteiger charge is -2.22. The summed E-state index contributed by atoms with van der Waals surface area (Å²) in [7, 11) is 13.2. The molecule has 8 aromatic carbocycles. The Morgan fingerprint density at radius 1 is 0.235 bits per heavy atom. The molecule has 8 rings (SSSR count). The van der Waals surface area contributed by atoms with Crippen LogP contribution in [0.25, 0.3) is 0 Å². The third-order valence-corrected chi connectivity index (χ3v) is 18.0. The molecule has 0 atom stereocenters. The van der Waals surface area contributed by atoms with Gasteiger partial charge < -0.3 is 83.5 Å². The minimum Gasteiger partial charge on any atom is -0.496 e. The fraction of sp³-hybridized carbons (Fsp3) is 0.407. The van der Waals surface area contributed by atoms with Crippen LogP contribution in [0.15, 0.2) is 103 Å². The number of rotatable bonds is 40. The molecular formula is C81H100O17. The normalized spacial score (nSPS) is 11.3. The van der Waals surface area contributed by atoms with Crippen LogP contribution >= 0.6 is 0 Å². The van der Waals surface area contributed by atoms with E-state index in [2.05, 4.69) is 79.7 Å². The summed E-state index contributed by atoms with van der Waals surface area (Å²) in [5.74, 6) is 5.98. The van der Waals surface area contributed by atoms with Crippen molar-refractivity contribution in [1.29, 1.82) is 0 Å². The molecule has 0 aliphatic carbocycles. The van der Waals surface area contributed by atoms with Crippen molar-refractivity contribution in [1.82, 2.24) is 0 Å². The van der Waals surface area contributed by atoms with Crippen molar-refractivity contribution in [2.45, 2.75) is 103 Å². The van der Waals surface area contributed by atoms with Gasteiger partial charge in [-0.3, -0.25) is 0 Å². The van der Waals surface area contributed by atoms with Crippen molar-refractivity contribution in [2.75, 3.05) is 116 Å². The van der Waals surface area contributed by atoms with Gasteiger partial charge in [0.25, 0.3) is 0 Å². The number of aliphatic hydroxyl groups is 8. The Hall–Kier alpha value is -8.36. The molecular weight excluding hydrogens is 1240 g/mol. The second kappa shape index (κ2) is 37.6. The number of hydrogen-bond acceptors (Lipinski definition) is 17. The average Bonchev–Trinajstić information content (AvgIpc) is 0.796. The molecule has 17 nitrogen and oxygen atoms in total. The van der Waals surface area contributed by atoms with Crippen molar-refractivity contribution in [3.63, 3.8) is 0 Å². The zero-order valence-corrected chi connectivity index (χ0v) is 58.5. The van der Waals surface area contributed by atoms with Crippen molar-refractivity contribution in [3.8, 4) is 51.7 Å². The molecule has 17 heteroatoms. The van der Waals surface area contributed by atoms with Gasteiger partial charge in [0.1, 0.15) is 58.4 Å². The summed E-state index contributed by atoms with van der Waals surface area (Å²) in [5.41, 5.74) is 19.5. The molecule has 0 aliphatic heterocycles. The van der Waals surface area contributed by atoms with E-state index in [9.17, 15) is 40.9 Å². The van der Waals surface area contributed by atoms with Gasteiger partial charge in [0.05, 0.1) is 63.5 Å². The maximum atomic E-state index is 10.6. The molecule has 98 heavy (non-hydrogen) atoms. The number of hydrogen-bond donors (Lipinski definition) is 8. The molecule has 8 N–H and O–H groups in total. The summed E-state index contributed by atoms with van der Waals surface area (Å²) in [5, 5.41) is 82.1. The van der Waals surface area contributed by atoms with Crippen LogP contribution in [0.1, 0.15) is 129 Å². The average molecular weight is 1350 g/mol. The lowest BCUT2D eigenvalue weighted by Crippen LogP contribution is -2.09. The van der Waals surface area contributed by atoms with Gasteiger partial charge in [-0.25, -0.2) is 0 Å². The van der Waals surface area contributed by atoms with E-state index < -0.39 is 0 Å². The van der Waals surface area contributed by atoms with E-state index in [4.69, 9.17) is 42.6 Å². The number of aliphatic hydroxyl groups excluding tert-OH is 8. The third-order valence-electron chi connectivity index (χ3n) is 18.0. The first-order chi connectivity index (χ1) is 47.7. The summed E-state index contributed by atoms with van der Waals surface area (Å²) in [6.07, 6.45) is 6.16. The molecule has 0 radical (unpaired) electrons. The Morgan fingerprint density at radius 2 is 0.449 bits per heavy atom. The van der Waals surface area contributed by atoms with Crippen LogP contribution < -0.4 is 42.6 Å². The zero-order chi connectivity index (χ0) is 70.3. The van der Waals surface area contributed by atoms with E-state index in [1.807, 2.05) is 30.3 Å². The molecule has 0 heterocycles. The first-order valence-corrected chi connectivity index (χ1v) is 33.7. The largest absolute Gasteiger partial charge is 0.496 e. The van der Waals surface area contributed by atoms with Crippen LogP contribution in [0.4, 0.5) is 0 Å². The van der Waals surface area contributed by atoms with E-state index in [0.29, 0.717) is 142 Å². The minimum atomic E-state index is -0.128. The Bertz CT molecular complexity index is 3930. The van der Waals surface area contributed by atoms with E-state index in [0.717, 1.165) is 128 Å². The van der Waals surface area contributed by atoms with Crippen LogP contribution in [-0.4, -0.2) is 157 Å². The lowest BCUT2D eigenvalue weighted by atomic mass is 9.88. The third kappa shape index (κ3) is 18.7. The number of methoxy groups -OCH3 is 8. The highest BCUT2D eigenvalue weighted by Gasteiger charge is 2.26. The molecule has 0 aliphatic rings. The summed E-state index contributed by atoms with van der Waals surface area (Å²) in [4.78, 5) is 0. The maximum Gasteiger partial charge on any atom is 0.125 e. The van der Waals surface area contributed by atoms with Gasteiger partial charge in [-0.05, 0) is 186 Å². The summed E-state index contributed by atoms with van der Waals surface area (Å²) < 4.78 is 56.1. The lowest BCUT2D eigenvalue weighted by molar-refractivity contribution is 0.201. The van der Waals surface area contributed by atoms with Gasteiger partial charge in [-0.1, -0.05) is 91.9 Å². The van der Waals surface area contributed by atoms with Gasteiger partial charge in [0, 0.05) is 96.8 Å². The van der Waals surface area contributed by atoms with Crippen molar-refractivity contribution in [2.24, 2.45) is 0 Å².